The molecule has 2 rings (SSSR count). The summed E-state index contributed by atoms with van der Waals surface area (Å²) in [7, 11) is 0. The van der Waals surface area contributed by atoms with Crippen molar-refractivity contribution in [2.24, 2.45) is 11.8 Å². The van der Waals surface area contributed by atoms with E-state index in [-0.39, 0.29) is 6.10 Å². The summed E-state index contributed by atoms with van der Waals surface area (Å²) in [6.07, 6.45) is 13.2. The quantitative estimate of drug-likeness (QED) is 0.648. The van der Waals surface area contributed by atoms with Gasteiger partial charge in [0.1, 0.15) is 0 Å². The molecule has 0 saturated heterocycles. The standard InChI is InChI=1S/C12H20O/c13-12-8-4-3-7-11(12)9-10-5-1-2-6-10/h1-2,10-13H,3-9H2. The summed E-state index contributed by atoms with van der Waals surface area (Å²) in [5.74, 6) is 1.45. The predicted molar refractivity (Wildman–Crippen MR) is 54.4 cm³/mol. The lowest BCUT2D eigenvalue weighted by molar-refractivity contribution is 0.0569. The molecule has 0 aromatic carbocycles. The van der Waals surface area contributed by atoms with Crippen LogP contribution in [0.15, 0.2) is 12.2 Å². The molecule has 1 nitrogen and oxygen atoms in total. The lowest BCUT2D eigenvalue weighted by Gasteiger charge is -2.29. The summed E-state index contributed by atoms with van der Waals surface area (Å²) in [5, 5.41) is 9.81. The molecule has 0 amide bonds. The summed E-state index contributed by atoms with van der Waals surface area (Å²) >= 11 is 0. The Labute approximate surface area is 80.8 Å². The molecular formula is C12H20O. The zero-order valence-electron chi connectivity index (χ0n) is 8.28. The van der Waals surface area contributed by atoms with Crippen LogP contribution in [-0.2, 0) is 0 Å². The third-order valence-corrected chi connectivity index (χ3v) is 3.61. The Balaban J connectivity index is 1.78. The minimum absolute atomic E-state index is 0.00866. The first kappa shape index (κ1) is 9.26. The SMILES string of the molecule is OC1CCCCC1CC1CC=CC1. The maximum Gasteiger partial charge on any atom is 0.0568 e. The van der Waals surface area contributed by atoms with Gasteiger partial charge in [-0.3, -0.25) is 0 Å². The summed E-state index contributed by atoms with van der Waals surface area (Å²) in [5.41, 5.74) is 0. The highest BCUT2D eigenvalue weighted by Crippen LogP contribution is 2.33. The molecule has 13 heavy (non-hydrogen) atoms. The van der Waals surface area contributed by atoms with Crippen LogP contribution in [0.4, 0.5) is 0 Å². The second-order valence-electron chi connectivity index (χ2n) is 4.66. The van der Waals surface area contributed by atoms with Crippen molar-refractivity contribution in [3.8, 4) is 0 Å². The van der Waals surface area contributed by atoms with Crippen LogP contribution in [0, 0.1) is 11.8 Å². The highest BCUT2D eigenvalue weighted by Gasteiger charge is 2.25. The minimum Gasteiger partial charge on any atom is -0.393 e. The molecule has 0 bridgehead atoms. The number of hydrogen-bond acceptors (Lipinski definition) is 1. The predicted octanol–water partition coefficient (Wildman–Crippen LogP) is 2.89. The first-order valence-electron chi connectivity index (χ1n) is 5.69. The zero-order chi connectivity index (χ0) is 9.10. The van der Waals surface area contributed by atoms with Gasteiger partial charge in [-0.15, -0.1) is 0 Å². The third kappa shape index (κ3) is 2.34. The molecule has 0 heterocycles. The van der Waals surface area contributed by atoms with E-state index in [2.05, 4.69) is 12.2 Å². The van der Waals surface area contributed by atoms with Crippen LogP contribution in [0.1, 0.15) is 44.9 Å². The third-order valence-electron chi connectivity index (χ3n) is 3.61. The summed E-state index contributed by atoms with van der Waals surface area (Å²) in [6, 6.07) is 0. The number of hydrogen-bond donors (Lipinski definition) is 1. The van der Waals surface area contributed by atoms with Crippen molar-refractivity contribution in [1.82, 2.24) is 0 Å². The van der Waals surface area contributed by atoms with E-state index in [0.717, 1.165) is 12.3 Å². The van der Waals surface area contributed by atoms with E-state index in [4.69, 9.17) is 0 Å². The van der Waals surface area contributed by atoms with Crippen molar-refractivity contribution in [3.63, 3.8) is 0 Å². The summed E-state index contributed by atoms with van der Waals surface area (Å²) in [6.45, 7) is 0. The van der Waals surface area contributed by atoms with Gasteiger partial charge >= 0.3 is 0 Å². The smallest absolute Gasteiger partial charge is 0.0568 e. The van der Waals surface area contributed by atoms with Gasteiger partial charge in [0, 0.05) is 0 Å². The summed E-state index contributed by atoms with van der Waals surface area (Å²) in [4.78, 5) is 0. The molecule has 1 fully saturated rings. The van der Waals surface area contributed by atoms with Gasteiger partial charge in [0.2, 0.25) is 0 Å². The molecule has 2 aliphatic carbocycles. The number of aliphatic hydroxyl groups excluding tert-OH is 1. The van der Waals surface area contributed by atoms with Crippen LogP contribution >= 0.6 is 0 Å². The van der Waals surface area contributed by atoms with E-state index in [1.807, 2.05) is 0 Å². The van der Waals surface area contributed by atoms with Crippen LogP contribution in [-0.4, -0.2) is 11.2 Å². The van der Waals surface area contributed by atoms with E-state index in [1.165, 1.54) is 38.5 Å². The van der Waals surface area contributed by atoms with Crippen LogP contribution in [0.25, 0.3) is 0 Å². The first-order chi connectivity index (χ1) is 6.36. The van der Waals surface area contributed by atoms with E-state index >= 15 is 0 Å². The second kappa shape index (κ2) is 4.28. The number of rotatable bonds is 2. The molecule has 0 radical (unpaired) electrons. The monoisotopic (exact) mass is 180 g/mol. The molecular weight excluding hydrogens is 160 g/mol. The van der Waals surface area contributed by atoms with Crippen molar-refractivity contribution in [2.45, 2.75) is 51.0 Å². The Morgan fingerprint density at radius 2 is 1.77 bits per heavy atom. The van der Waals surface area contributed by atoms with Gasteiger partial charge in [0.25, 0.3) is 0 Å². The average molecular weight is 180 g/mol. The van der Waals surface area contributed by atoms with Crippen LogP contribution < -0.4 is 0 Å². The van der Waals surface area contributed by atoms with Gasteiger partial charge in [-0.25, -0.2) is 0 Å². The lowest BCUT2D eigenvalue weighted by atomic mass is 9.80. The van der Waals surface area contributed by atoms with Gasteiger partial charge < -0.3 is 5.11 Å². The van der Waals surface area contributed by atoms with E-state index < -0.39 is 0 Å². The van der Waals surface area contributed by atoms with Crippen molar-refractivity contribution in [1.29, 1.82) is 0 Å². The van der Waals surface area contributed by atoms with Crippen molar-refractivity contribution >= 4 is 0 Å². The molecule has 2 aliphatic rings. The molecule has 2 atom stereocenters. The average Bonchev–Trinajstić information content (AvgIpc) is 2.61. The molecule has 0 aromatic heterocycles. The maximum atomic E-state index is 9.81. The van der Waals surface area contributed by atoms with Crippen LogP contribution in [0.2, 0.25) is 0 Å². The molecule has 0 aromatic rings. The summed E-state index contributed by atoms with van der Waals surface area (Å²) < 4.78 is 0. The van der Waals surface area contributed by atoms with Gasteiger partial charge in [0.05, 0.1) is 6.10 Å². The molecule has 0 aliphatic heterocycles. The van der Waals surface area contributed by atoms with Crippen molar-refractivity contribution < 1.29 is 5.11 Å². The molecule has 2 unspecified atom stereocenters. The Bertz CT molecular complexity index is 178. The minimum atomic E-state index is 0.00866. The largest absolute Gasteiger partial charge is 0.393 e. The van der Waals surface area contributed by atoms with Crippen LogP contribution in [0.3, 0.4) is 0 Å². The topological polar surface area (TPSA) is 20.2 Å². The highest BCUT2D eigenvalue weighted by atomic mass is 16.3. The molecule has 74 valence electrons. The highest BCUT2D eigenvalue weighted by molar-refractivity contribution is 4.95. The van der Waals surface area contributed by atoms with Crippen LogP contribution in [0.5, 0.6) is 0 Å². The Morgan fingerprint density at radius 1 is 1.08 bits per heavy atom. The molecule has 1 saturated carbocycles. The fraction of sp³-hybridized carbons (Fsp3) is 0.833. The number of allylic oxidation sites excluding steroid dienone is 2. The van der Waals surface area contributed by atoms with Crippen molar-refractivity contribution in [2.75, 3.05) is 0 Å². The second-order valence-corrected chi connectivity index (χ2v) is 4.66. The van der Waals surface area contributed by atoms with E-state index in [9.17, 15) is 5.11 Å². The molecule has 1 heteroatoms. The Morgan fingerprint density at radius 3 is 2.46 bits per heavy atom. The lowest BCUT2D eigenvalue weighted by Crippen LogP contribution is -2.26. The van der Waals surface area contributed by atoms with Gasteiger partial charge in [0.15, 0.2) is 0 Å². The van der Waals surface area contributed by atoms with E-state index in [1.54, 1.807) is 0 Å². The maximum absolute atomic E-state index is 9.81. The van der Waals surface area contributed by atoms with E-state index in [0.29, 0.717) is 5.92 Å². The Hall–Kier alpha value is -0.300. The zero-order valence-corrected chi connectivity index (χ0v) is 8.28. The van der Waals surface area contributed by atoms with Crippen molar-refractivity contribution in [3.05, 3.63) is 12.2 Å². The normalized spacial score (nSPS) is 35.5. The fourth-order valence-corrected chi connectivity index (χ4v) is 2.76. The van der Waals surface area contributed by atoms with Gasteiger partial charge in [-0.1, -0.05) is 25.0 Å². The van der Waals surface area contributed by atoms with Gasteiger partial charge in [-0.2, -0.15) is 0 Å². The molecule has 0 spiro atoms. The molecule has 1 N–H and O–H groups in total. The first-order valence-corrected chi connectivity index (χ1v) is 5.69. The Kier molecular flexibility index (Phi) is 3.05. The fourth-order valence-electron chi connectivity index (χ4n) is 2.76. The van der Waals surface area contributed by atoms with Gasteiger partial charge in [-0.05, 0) is 43.9 Å². The number of aliphatic hydroxyl groups is 1.